The van der Waals surface area contributed by atoms with Crippen LogP contribution in [0.4, 0.5) is 5.82 Å². The summed E-state index contributed by atoms with van der Waals surface area (Å²) in [6.45, 7) is 1.61. The number of ether oxygens (including phenoxy) is 1. The molecule has 0 radical (unpaired) electrons. The number of H-pyrrole nitrogens is 1. The molecule has 4 rings (SSSR count). The Morgan fingerprint density at radius 1 is 1.42 bits per heavy atom. The van der Waals surface area contributed by atoms with Gasteiger partial charge in [0.25, 0.3) is 5.91 Å². The predicted octanol–water partition coefficient (Wildman–Crippen LogP) is 1.20. The molecule has 8 heteroatoms. The van der Waals surface area contributed by atoms with Gasteiger partial charge >= 0.3 is 0 Å². The largest absolute Gasteiger partial charge is 0.494 e. The summed E-state index contributed by atoms with van der Waals surface area (Å²) in [6.07, 6.45) is 2.60. The number of aryl methyl sites for hydroxylation is 1. The summed E-state index contributed by atoms with van der Waals surface area (Å²) in [6, 6.07) is 3.52. The first-order valence-electron chi connectivity index (χ1n) is 7.75. The molecule has 3 N–H and O–H groups in total. The summed E-state index contributed by atoms with van der Waals surface area (Å²) in [5, 5.41) is 18.5. The van der Waals surface area contributed by atoms with Crippen molar-refractivity contribution in [3.05, 3.63) is 35.2 Å². The Kier molecular flexibility index (Phi) is 3.46. The van der Waals surface area contributed by atoms with Crippen molar-refractivity contribution in [1.29, 1.82) is 0 Å². The number of aromatic nitrogens is 4. The van der Waals surface area contributed by atoms with Crippen molar-refractivity contribution in [2.24, 2.45) is 7.05 Å². The van der Waals surface area contributed by atoms with Crippen molar-refractivity contribution in [2.45, 2.75) is 13.0 Å². The van der Waals surface area contributed by atoms with Gasteiger partial charge in [-0.2, -0.15) is 10.2 Å². The van der Waals surface area contributed by atoms with Crippen molar-refractivity contribution in [3.8, 4) is 5.75 Å². The van der Waals surface area contributed by atoms with Crippen molar-refractivity contribution in [1.82, 2.24) is 25.3 Å². The standard InChI is InChI=1S/C16H18N6O2/c1-22-14-10(7-18-22)5-9(6-13(14)24-2)16(23)19-15-11-8-17-4-3-12(11)20-21-15/h5-7,17H,3-4,8H2,1-2H3,(H2,19,20,21,23). The zero-order valence-corrected chi connectivity index (χ0v) is 13.5. The fraction of sp³-hybridized carbons (Fsp3) is 0.312. The van der Waals surface area contributed by atoms with E-state index in [4.69, 9.17) is 4.74 Å². The number of hydrogen-bond donors (Lipinski definition) is 3. The number of carbonyl (C=O) groups excluding carboxylic acids is 1. The van der Waals surface area contributed by atoms with Crippen LogP contribution in [-0.4, -0.2) is 39.5 Å². The highest BCUT2D eigenvalue weighted by Gasteiger charge is 2.20. The lowest BCUT2D eigenvalue weighted by Crippen LogP contribution is -2.24. The third-order valence-corrected chi connectivity index (χ3v) is 4.32. The lowest BCUT2D eigenvalue weighted by molar-refractivity contribution is 0.102. The fourth-order valence-corrected chi connectivity index (χ4v) is 3.08. The highest BCUT2D eigenvalue weighted by molar-refractivity contribution is 6.07. The second kappa shape index (κ2) is 5.64. The first-order valence-corrected chi connectivity index (χ1v) is 7.75. The molecule has 1 aliphatic heterocycles. The number of nitrogens with one attached hydrogen (secondary N) is 3. The second-order valence-corrected chi connectivity index (χ2v) is 5.79. The van der Waals surface area contributed by atoms with E-state index >= 15 is 0 Å². The van der Waals surface area contributed by atoms with Crippen LogP contribution in [0.15, 0.2) is 18.3 Å². The molecule has 0 saturated heterocycles. The molecule has 0 saturated carbocycles. The minimum absolute atomic E-state index is 0.223. The number of nitrogens with zero attached hydrogens (tertiary/aromatic N) is 3. The smallest absolute Gasteiger partial charge is 0.257 e. The average molecular weight is 326 g/mol. The molecule has 124 valence electrons. The molecule has 3 aromatic rings. The predicted molar refractivity (Wildman–Crippen MR) is 89.2 cm³/mol. The van der Waals surface area contributed by atoms with Gasteiger partial charge in [0, 0.05) is 48.8 Å². The number of fused-ring (bicyclic) bond motifs is 2. The van der Waals surface area contributed by atoms with Gasteiger partial charge in [0.1, 0.15) is 11.3 Å². The summed E-state index contributed by atoms with van der Waals surface area (Å²) in [4.78, 5) is 12.6. The van der Waals surface area contributed by atoms with Gasteiger partial charge in [-0.25, -0.2) is 0 Å². The molecule has 2 aromatic heterocycles. The van der Waals surface area contributed by atoms with Crippen molar-refractivity contribution >= 4 is 22.6 Å². The van der Waals surface area contributed by atoms with E-state index in [0.717, 1.165) is 35.1 Å². The van der Waals surface area contributed by atoms with Crippen LogP contribution in [0.3, 0.4) is 0 Å². The van der Waals surface area contributed by atoms with Crippen LogP contribution in [0.25, 0.3) is 10.9 Å². The molecule has 3 heterocycles. The third kappa shape index (κ3) is 2.31. The van der Waals surface area contributed by atoms with Crippen LogP contribution < -0.4 is 15.4 Å². The summed E-state index contributed by atoms with van der Waals surface area (Å²) in [5.41, 5.74) is 3.46. The Hall–Kier alpha value is -2.87. The maximum Gasteiger partial charge on any atom is 0.257 e. The molecule has 1 aliphatic rings. The van der Waals surface area contributed by atoms with Crippen LogP contribution in [0, 0.1) is 0 Å². The Morgan fingerprint density at radius 3 is 3.12 bits per heavy atom. The molecular formula is C16H18N6O2. The molecule has 0 spiro atoms. The molecule has 1 aromatic carbocycles. The topological polar surface area (TPSA) is 96.9 Å². The van der Waals surface area contributed by atoms with Crippen LogP contribution >= 0.6 is 0 Å². The van der Waals surface area contributed by atoms with E-state index in [9.17, 15) is 4.79 Å². The number of anilines is 1. The van der Waals surface area contributed by atoms with Crippen LogP contribution in [0.2, 0.25) is 0 Å². The zero-order valence-electron chi connectivity index (χ0n) is 13.5. The van der Waals surface area contributed by atoms with Gasteiger partial charge in [0.05, 0.1) is 13.3 Å². The minimum atomic E-state index is -0.223. The Bertz CT molecular complexity index is 926. The monoisotopic (exact) mass is 326 g/mol. The lowest BCUT2D eigenvalue weighted by atomic mass is 10.1. The average Bonchev–Trinajstić information content (AvgIpc) is 3.18. The highest BCUT2D eigenvalue weighted by Crippen LogP contribution is 2.28. The number of hydrogen-bond acceptors (Lipinski definition) is 5. The van der Waals surface area contributed by atoms with Gasteiger partial charge in [0.2, 0.25) is 0 Å². The van der Waals surface area contributed by atoms with Gasteiger partial charge in [-0.3, -0.25) is 14.6 Å². The summed E-state index contributed by atoms with van der Waals surface area (Å²) in [5.74, 6) is 0.967. The molecule has 0 bridgehead atoms. The van der Waals surface area contributed by atoms with Gasteiger partial charge < -0.3 is 15.4 Å². The van der Waals surface area contributed by atoms with Gasteiger partial charge in [-0.15, -0.1) is 0 Å². The molecule has 0 aliphatic carbocycles. The van der Waals surface area contributed by atoms with Crippen molar-refractivity contribution in [2.75, 3.05) is 19.0 Å². The normalized spacial score (nSPS) is 13.8. The maximum absolute atomic E-state index is 12.6. The zero-order chi connectivity index (χ0) is 16.7. The number of rotatable bonds is 3. The van der Waals surface area contributed by atoms with Crippen LogP contribution in [-0.2, 0) is 20.0 Å². The maximum atomic E-state index is 12.6. The van der Waals surface area contributed by atoms with Gasteiger partial charge in [-0.1, -0.05) is 0 Å². The van der Waals surface area contributed by atoms with Gasteiger partial charge in [-0.05, 0) is 12.1 Å². The SMILES string of the molecule is COc1cc(C(=O)Nc2n[nH]c3c2CNCC3)cc2cnn(C)c12. The minimum Gasteiger partial charge on any atom is -0.494 e. The quantitative estimate of drug-likeness (QED) is 0.672. The molecule has 8 nitrogen and oxygen atoms in total. The molecule has 0 atom stereocenters. The summed E-state index contributed by atoms with van der Waals surface area (Å²) < 4.78 is 7.14. The van der Waals surface area contributed by atoms with E-state index in [2.05, 4.69) is 25.9 Å². The van der Waals surface area contributed by atoms with Gasteiger partial charge in [0.15, 0.2) is 5.82 Å². The molecule has 0 fully saturated rings. The van der Waals surface area contributed by atoms with Crippen LogP contribution in [0.1, 0.15) is 21.6 Å². The molecular weight excluding hydrogens is 308 g/mol. The van der Waals surface area contributed by atoms with E-state index < -0.39 is 0 Å². The number of carbonyl (C=O) groups is 1. The fourth-order valence-electron chi connectivity index (χ4n) is 3.08. The van der Waals surface area contributed by atoms with Crippen molar-refractivity contribution < 1.29 is 9.53 Å². The van der Waals surface area contributed by atoms with Crippen molar-refractivity contribution in [3.63, 3.8) is 0 Å². The summed E-state index contributed by atoms with van der Waals surface area (Å²) in [7, 11) is 3.42. The first-order chi connectivity index (χ1) is 11.7. The Balaban J connectivity index is 1.67. The van der Waals surface area contributed by atoms with E-state index in [1.807, 2.05) is 7.05 Å². The van der Waals surface area contributed by atoms with E-state index in [1.165, 1.54) is 0 Å². The number of amides is 1. The van der Waals surface area contributed by atoms with E-state index in [-0.39, 0.29) is 5.91 Å². The number of aromatic amines is 1. The van der Waals surface area contributed by atoms with E-state index in [1.54, 1.807) is 30.1 Å². The molecule has 0 unspecified atom stereocenters. The number of benzene rings is 1. The van der Waals surface area contributed by atoms with Crippen LogP contribution in [0.5, 0.6) is 5.75 Å². The van der Waals surface area contributed by atoms with E-state index in [0.29, 0.717) is 23.7 Å². The molecule has 24 heavy (non-hydrogen) atoms. The number of methoxy groups -OCH3 is 1. The Morgan fingerprint density at radius 2 is 2.29 bits per heavy atom. The first kappa shape index (κ1) is 14.7. The molecule has 1 amide bonds. The second-order valence-electron chi connectivity index (χ2n) is 5.79. The highest BCUT2D eigenvalue weighted by atomic mass is 16.5. The lowest BCUT2D eigenvalue weighted by Gasteiger charge is -2.13. The third-order valence-electron chi connectivity index (χ3n) is 4.32. The summed E-state index contributed by atoms with van der Waals surface area (Å²) >= 11 is 0. The Labute approximate surface area is 138 Å².